The molecule has 0 bridgehead atoms. The fraction of sp³-hybridized carbons (Fsp3) is 0.222. The molecule has 2 rings (SSSR count). The third-order valence-corrected chi connectivity index (χ3v) is 3.18. The predicted molar refractivity (Wildman–Crippen MR) is 91.9 cm³/mol. The second-order valence-electron chi connectivity index (χ2n) is 4.97. The number of hydrazone groups is 1. The minimum atomic E-state index is -0.370. The Bertz CT molecular complexity index is 711. The number of aromatic hydroxyl groups is 1. The molecule has 0 aliphatic carbocycles. The van der Waals surface area contributed by atoms with E-state index in [4.69, 9.17) is 9.47 Å². The molecular weight excluding hydrogens is 308 g/mol. The quantitative estimate of drug-likeness (QED) is 0.605. The van der Waals surface area contributed by atoms with Crippen LogP contribution < -0.4 is 14.9 Å². The Balaban J connectivity index is 2.10. The van der Waals surface area contributed by atoms with E-state index in [2.05, 4.69) is 10.5 Å². The molecular formula is C18H20N2O4. The van der Waals surface area contributed by atoms with E-state index in [0.717, 1.165) is 6.42 Å². The first-order valence-electron chi connectivity index (χ1n) is 7.58. The number of carbonyl (C=O) groups is 1. The topological polar surface area (TPSA) is 80.2 Å². The van der Waals surface area contributed by atoms with Crippen molar-refractivity contribution >= 4 is 12.1 Å². The molecule has 0 radical (unpaired) electrons. The van der Waals surface area contributed by atoms with Crippen LogP contribution in [0.25, 0.3) is 0 Å². The minimum Gasteiger partial charge on any atom is -0.508 e. The largest absolute Gasteiger partial charge is 0.508 e. The molecule has 0 spiro atoms. The molecule has 0 saturated carbocycles. The first-order chi connectivity index (χ1) is 11.7. The van der Waals surface area contributed by atoms with E-state index in [0.29, 0.717) is 29.2 Å². The summed E-state index contributed by atoms with van der Waals surface area (Å²) in [6.07, 6.45) is 2.37. The zero-order valence-electron chi connectivity index (χ0n) is 13.7. The molecule has 2 N–H and O–H groups in total. The molecule has 0 aliphatic heterocycles. The van der Waals surface area contributed by atoms with E-state index in [1.54, 1.807) is 13.2 Å². The van der Waals surface area contributed by atoms with Crippen LogP contribution in [-0.2, 0) is 0 Å². The van der Waals surface area contributed by atoms with Crippen molar-refractivity contribution in [1.29, 1.82) is 0 Å². The molecule has 1 amide bonds. The van der Waals surface area contributed by atoms with Gasteiger partial charge >= 0.3 is 0 Å². The Morgan fingerprint density at radius 3 is 2.67 bits per heavy atom. The van der Waals surface area contributed by atoms with Gasteiger partial charge in [0.1, 0.15) is 5.75 Å². The molecule has 0 saturated heterocycles. The molecule has 6 heteroatoms. The second-order valence-corrected chi connectivity index (χ2v) is 4.97. The number of nitrogens with zero attached hydrogens (tertiary/aromatic N) is 1. The van der Waals surface area contributed by atoms with Crippen LogP contribution in [0.4, 0.5) is 0 Å². The SMILES string of the molecule is CCCOc1c(/C=N\NC(=O)c2ccc(O)cc2)cccc1OC. The third kappa shape index (κ3) is 4.49. The van der Waals surface area contributed by atoms with Crippen molar-refractivity contribution in [1.82, 2.24) is 5.43 Å². The van der Waals surface area contributed by atoms with Crippen LogP contribution in [0.3, 0.4) is 0 Å². The van der Waals surface area contributed by atoms with E-state index in [1.807, 2.05) is 19.1 Å². The number of phenolic OH excluding ortho intramolecular Hbond substituents is 1. The van der Waals surface area contributed by atoms with Crippen molar-refractivity contribution in [2.45, 2.75) is 13.3 Å². The van der Waals surface area contributed by atoms with E-state index in [-0.39, 0.29) is 11.7 Å². The van der Waals surface area contributed by atoms with Gasteiger partial charge in [0, 0.05) is 11.1 Å². The molecule has 6 nitrogen and oxygen atoms in total. The van der Waals surface area contributed by atoms with Gasteiger partial charge in [0.15, 0.2) is 11.5 Å². The normalized spacial score (nSPS) is 10.6. The van der Waals surface area contributed by atoms with E-state index in [9.17, 15) is 9.90 Å². The fourth-order valence-electron chi connectivity index (χ4n) is 1.99. The van der Waals surface area contributed by atoms with Crippen molar-refractivity contribution < 1.29 is 19.4 Å². The summed E-state index contributed by atoms with van der Waals surface area (Å²) in [6, 6.07) is 11.4. The highest BCUT2D eigenvalue weighted by Gasteiger charge is 2.09. The number of nitrogens with one attached hydrogen (secondary N) is 1. The molecule has 0 unspecified atom stereocenters. The fourth-order valence-corrected chi connectivity index (χ4v) is 1.99. The Morgan fingerprint density at radius 1 is 1.25 bits per heavy atom. The van der Waals surface area contributed by atoms with Gasteiger partial charge in [-0.3, -0.25) is 4.79 Å². The van der Waals surface area contributed by atoms with Crippen LogP contribution in [0.2, 0.25) is 0 Å². The number of carbonyl (C=O) groups excluding carboxylic acids is 1. The maximum Gasteiger partial charge on any atom is 0.271 e. The first kappa shape index (κ1) is 17.3. The Morgan fingerprint density at radius 2 is 2.00 bits per heavy atom. The monoisotopic (exact) mass is 328 g/mol. The minimum absolute atomic E-state index is 0.101. The van der Waals surface area contributed by atoms with Crippen molar-refractivity contribution in [2.24, 2.45) is 5.10 Å². The standard InChI is InChI=1S/C18H20N2O4/c1-3-11-24-17-14(5-4-6-16(17)23-2)12-19-20-18(22)13-7-9-15(21)10-8-13/h4-10,12,21H,3,11H2,1-2H3,(H,20,22)/b19-12-. The van der Waals surface area contributed by atoms with Gasteiger partial charge in [-0.05, 0) is 42.8 Å². The average molecular weight is 328 g/mol. The summed E-state index contributed by atoms with van der Waals surface area (Å²) in [4.78, 5) is 12.0. The van der Waals surface area contributed by atoms with Crippen LogP contribution >= 0.6 is 0 Å². The van der Waals surface area contributed by atoms with Gasteiger partial charge in [-0.2, -0.15) is 5.10 Å². The van der Waals surface area contributed by atoms with Crippen molar-refractivity contribution in [3.63, 3.8) is 0 Å². The van der Waals surface area contributed by atoms with Crippen LogP contribution in [0.5, 0.6) is 17.2 Å². The number of rotatable bonds is 7. The molecule has 0 aromatic heterocycles. The van der Waals surface area contributed by atoms with Gasteiger partial charge in [-0.1, -0.05) is 13.0 Å². The van der Waals surface area contributed by atoms with E-state index >= 15 is 0 Å². The number of phenols is 1. The first-order valence-corrected chi connectivity index (χ1v) is 7.58. The number of hydrogen-bond donors (Lipinski definition) is 2. The number of methoxy groups -OCH3 is 1. The Hall–Kier alpha value is -3.02. The summed E-state index contributed by atoms with van der Waals surface area (Å²) in [5, 5.41) is 13.2. The number of ether oxygens (including phenoxy) is 2. The summed E-state index contributed by atoms with van der Waals surface area (Å²) in [7, 11) is 1.57. The number of hydrogen-bond acceptors (Lipinski definition) is 5. The maximum atomic E-state index is 12.0. The van der Waals surface area contributed by atoms with Crippen LogP contribution in [0, 0.1) is 0 Å². The lowest BCUT2D eigenvalue weighted by Gasteiger charge is -2.12. The smallest absolute Gasteiger partial charge is 0.271 e. The average Bonchev–Trinajstić information content (AvgIpc) is 2.60. The van der Waals surface area contributed by atoms with Crippen molar-refractivity contribution in [2.75, 3.05) is 13.7 Å². The summed E-state index contributed by atoms with van der Waals surface area (Å²) in [5.41, 5.74) is 3.54. The zero-order chi connectivity index (χ0) is 17.4. The lowest BCUT2D eigenvalue weighted by atomic mass is 10.2. The van der Waals surface area contributed by atoms with Crippen LogP contribution in [0.15, 0.2) is 47.6 Å². The van der Waals surface area contributed by atoms with Gasteiger partial charge in [0.25, 0.3) is 5.91 Å². The molecule has 2 aromatic carbocycles. The molecule has 0 heterocycles. The van der Waals surface area contributed by atoms with E-state index in [1.165, 1.54) is 30.5 Å². The molecule has 0 atom stereocenters. The molecule has 2 aromatic rings. The highest BCUT2D eigenvalue weighted by Crippen LogP contribution is 2.30. The second kappa shape index (κ2) is 8.57. The predicted octanol–water partition coefficient (Wildman–Crippen LogP) is 2.95. The van der Waals surface area contributed by atoms with Crippen LogP contribution in [-0.4, -0.2) is 30.9 Å². The Kier molecular flexibility index (Phi) is 6.19. The van der Waals surface area contributed by atoms with Gasteiger partial charge in [0.2, 0.25) is 0 Å². The molecule has 0 aliphatic rings. The summed E-state index contributed by atoms with van der Waals surface area (Å²) < 4.78 is 11.0. The van der Waals surface area contributed by atoms with Gasteiger partial charge in [-0.15, -0.1) is 0 Å². The van der Waals surface area contributed by atoms with Gasteiger partial charge in [-0.25, -0.2) is 5.43 Å². The van der Waals surface area contributed by atoms with Crippen molar-refractivity contribution in [3.05, 3.63) is 53.6 Å². The summed E-state index contributed by atoms with van der Waals surface area (Å²) in [5.74, 6) is 0.927. The highest BCUT2D eigenvalue weighted by atomic mass is 16.5. The van der Waals surface area contributed by atoms with Gasteiger partial charge in [0.05, 0.1) is 19.9 Å². The summed E-state index contributed by atoms with van der Waals surface area (Å²) >= 11 is 0. The molecule has 126 valence electrons. The van der Waals surface area contributed by atoms with E-state index < -0.39 is 0 Å². The Labute approximate surface area is 140 Å². The van der Waals surface area contributed by atoms with Crippen molar-refractivity contribution in [3.8, 4) is 17.2 Å². The van der Waals surface area contributed by atoms with Crippen LogP contribution in [0.1, 0.15) is 29.3 Å². The lowest BCUT2D eigenvalue weighted by Crippen LogP contribution is -2.17. The maximum absolute atomic E-state index is 12.0. The third-order valence-electron chi connectivity index (χ3n) is 3.18. The van der Waals surface area contributed by atoms with Gasteiger partial charge < -0.3 is 14.6 Å². The molecule has 0 fully saturated rings. The molecule has 24 heavy (non-hydrogen) atoms. The number of para-hydroxylation sites is 1. The number of amides is 1. The summed E-state index contributed by atoms with van der Waals surface area (Å²) in [6.45, 7) is 2.57. The zero-order valence-corrected chi connectivity index (χ0v) is 13.7. The lowest BCUT2D eigenvalue weighted by molar-refractivity contribution is 0.0955. The highest BCUT2D eigenvalue weighted by molar-refractivity contribution is 5.95. The number of benzene rings is 2.